The van der Waals surface area contributed by atoms with E-state index in [-0.39, 0.29) is 0 Å². The number of sulfonamides is 1. The van der Waals surface area contributed by atoms with Crippen molar-refractivity contribution in [3.8, 4) is 0 Å². The lowest BCUT2D eigenvalue weighted by molar-refractivity contribution is 0.273. The van der Waals surface area contributed by atoms with Crippen LogP contribution in [0, 0.1) is 17.8 Å². The highest BCUT2D eigenvalue weighted by molar-refractivity contribution is 7.88. The Labute approximate surface area is 146 Å². The van der Waals surface area contributed by atoms with Crippen LogP contribution in [0.1, 0.15) is 38.5 Å². The molecule has 1 saturated carbocycles. The van der Waals surface area contributed by atoms with Crippen LogP contribution in [0.2, 0.25) is 0 Å². The predicted octanol–water partition coefficient (Wildman–Crippen LogP) is 1.36. The smallest absolute Gasteiger partial charge is 0.211 e. The SMILES string of the molecule is CN=C(NCC1CCN(S(C)(=O)=O)CC1)N1CC2CCCCC2C1. The third kappa shape index (κ3) is 4.23. The number of nitrogens with one attached hydrogen (secondary N) is 1. The summed E-state index contributed by atoms with van der Waals surface area (Å²) >= 11 is 0. The molecule has 1 N–H and O–H groups in total. The molecule has 2 unspecified atom stereocenters. The lowest BCUT2D eigenvalue weighted by Crippen LogP contribution is -2.45. The normalized spacial score (nSPS) is 30.4. The molecule has 2 saturated heterocycles. The molecule has 2 atom stereocenters. The molecular formula is C17H32N4O2S. The Hall–Kier alpha value is -0.820. The molecule has 0 aromatic heterocycles. The second kappa shape index (κ2) is 7.60. The minimum atomic E-state index is -3.03. The molecule has 3 rings (SSSR count). The fourth-order valence-electron chi connectivity index (χ4n) is 4.59. The molecule has 6 nitrogen and oxygen atoms in total. The summed E-state index contributed by atoms with van der Waals surface area (Å²) in [5.41, 5.74) is 0. The molecule has 0 aromatic carbocycles. The molecule has 7 heteroatoms. The van der Waals surface area contributed by atoms with Gasteiger partial charge in [0.2, 0.25) is 10.0 Å². The van der Waals surface area contributed by atoms with Crippen LogP contribution >= 0.6 is 0 Å². The Balaban J connectivity index is 1.46. The maximum atomic E-state index is 11.6. The summed E-state index contributed by atoms with van der Waals surface area (Å²) in [4.78, 5) is 6.93. The Morgan fingerprint density at radius 2 is 1.67 bits per heavy atom. The van der Waals surface area contributed by atoms with Crippen molar-refractivity contribution in [2.75, 3.05) is 46.0 Å². The third-order valence-corrected chi connectivity index (χ3v) is 7.38. The largest absolute Gasteiger partial charge is 0.356 e. The predicted molar refractivity (Wildman–Crippen MR) is 97.5 cm³/mol. The third-order valence-electron chi connectivity index (χ3n) is 6.08. The van der Waals surface area contributed by atoms with Crippen LogP contribution in [0.25, 0.3) is 0 Å². The van der Waals surface area contributed by atoms with E-state index in [1.807, 2.05) is 7.05 Å². The monoisotopic (exact) mass is 356 g/mol. The Kier molecular flexibility index (Phi) is 5.70. The molecule has 3 fully saturated rings. The van der Waals surface area contributed by atoms with Gasteiger partial charge in [0.1, 0.15) is 0 Å². The zero-order valence-corrected chi connectivity index (χ0v) is 15.9. The Morgan fingerprint density at radius 1 is 1.08 bits per heavy atom. The molecule has 0 aromatic rings. The van der Waals surface area contributed by atoms with Gasteiger partial charge in [0.15, 0.2) is 5.96 Å². The van der Waals surface area contributed by atoms with Crippen LogP contribution in [0.15, 0.2) is 4.99 Å². The first kappa shape index (κ1) is 18.0. The first-order valence-corrected chi connectivity index (χ1v) is 11.2. The van der Waals surface area contributed by atoms with Gasteiger partial charge in [0, 0.05) is 39.8 Å². The van der Waals surface area contributed by atoms with Crippen molar-refractivity contribution in [3.05, 3.63) is 0 Å². The van der Waals surface area contributed by atoms with E-state index in [4.69, 9.17) is 0 Å². The zero-order valence-electron chi connectivity index (χ0n) is 15.1. The van der Waals surface area contributed by atoms with Gasteiger partial charge in [-0.25, -0.2) is 12.7 Å². The summed E-state index contributed by atoms with van der Waals surface area (Å²) in [7, 11) is -1.16. The van der Waals surface area contributed by atoms with E-state index in [0.29, 0.717) is 19.0 Å². The van der Waals surface area contributed by atoms with Crippen LogP contribution < -0.4 is 5.32 Å². The summed E-state index contributed by atoms with van der Waals surface area (Å²) in [6, 6.07) is 0. The van der Waals surface area contributed by atoms with Crippen LogP contribution in [0.5, 0.6) is 0 Å². The lowest BCUT2D eigenvalue weighted by atomic mass is 9.82. The van der Waals surface area contributed by atoms with Crippen molar-refractivity contribution < 1.29 is 8.42 Å². The van der Waals surface area contributed by atoms with Crippen molar-refractivity contribution in [2.45, 2.75) is 38.5 Å². The number of rotatable bonds is 3. The maximum Gasteiger partial charge on any atom is 0.211 e. The van der Waals surface area contributed by atoms with Gasteiger partial charge in [-0.05, 0) is 43.4 Å². The highest BCUT2D eigenvalue weighted by Crippen LogP contribution is 2.35. The molecule has 1 aliphatic carbocycles. The van der Waals surface area contributed by atoms with Crippen LogP contribution in [-0.4, -0.2) is 69.6 Å². The van der Waals surface area contributed by atoms with E-state index in [2.05, 4.69) is 15.2 Å². The van der Waals surface area contributed by atoms with Gasteiger partial charge in [-0.1, -0.05) is 12.8 Å². The number of aliphatic imine (C=N–C) groups is 1. The summed E-state index contributed by atoms with van der Waals surface area (Å²) < 4.78 is 24.8. The van der Waals surface area contributed by atoms with Gasteiger partial charge in [0.05, 0.1) is 6.26 Å². The van der Waals surface area contributed by atoms with Gasteiger partial charge in [-0.2, -0.15) is 0 Å². The van der Waals surface area contributed by atoms with Gasteiger partial charge >= 0.3 is 0 Å². The van der Waals surface area contributed by atoms with E-state index in [1.54, 1.807) is 4.31 Å². The van der Waals surface area contributed by atoms with Crippen molar-refractivity contribution in [1.29, 1.82) is 0 Å². The summed E-state index contributed by atoms with van der Waals surface area (Å²) in [6.45, 7) is 4.50. The van der Waals surface area contributed by atoms with E-state index in [9.17, 15) is 8.42 Å². The van der Waals surface area contributed by atoms with Gasteiger partial charge in [-0.15, -0.1) is 0 Å². The molecular weight excluding hydrogens is 324 g/mol. The standard InChI is InChI=1S/C17H32N4O2S/c1-18-17(20-12-15-5-3-4-6-16(15)13-20)19-11-14-7-9-21(10-8-14)24(2,22)23/h14-16H,3-13H2,1-2H3,(H,18,19). The zero-order chi connectivity index (χ0) is 17.2. The summed E-state index contributed by atoms with van der Waals surface area (Å²) in [6.07, 6.45) is 8.70. The number of guanidine groups is 1. The van der Waals surface area contributed by atoms with Crippen molar-refractivity contribution in [3.63, 3.8) is 0 Å². The van der Waals surface area contributed by atoms with Gasteiger partial charge in [-0.3, -0.25) is 4.99 Å². The minimum absolute atomic E-state index is 0.532. The Bertz CT molecular complexity index is 541. The molecule has 138 valence electrons. The maximum absolute atomic E-state index is 11.6. The first-order chi connectivity index (χ1) is 11.5. The van der Waals surface area contributed by atoms with Gasteiger partial charge in [0.25, 0.3) is 0 Å². The average molecular weight is 357 g/mol. The quantitative estimate of drug-likeness (QED) is 0.612. The minimum Gasteiger partial charge on any atom is -0.356 e. The number of nitrogens with zero attached hydrogens (tertiary/aromatic N) is 3. The summed E-state index contributed by atoms with van der Waals surface area (Å²) in [5.74, 6) is 3.28. The van der Waals surface area contributed by atoms with E-state index in [0.717, 1.165) is 50.3 Å². The molecule has 0 spiro atoms. The highest BCUT2D eigenvalue weighted by atomic mass is 32.2. The highest BCUT2D eigenvalue weighted by Gasteiger charge is 2.35. The first-order valence-electron chi connectivity index (χ1n) is 9.38. The molecule has 24 heavy (non-hydrogen) atoms. The lowest BCUT2D eigenvalue weighted by Gasteiger charge is -2.31. The number of piperidine rings is 1. The second-order valence-corrected chi connectivity index (χ2v) is 9.73. The molecule has 3 aliphatic rings. The van der Waals surface area contributed by atoms with Crippen molar-refractivity contribution in [2.24, 2.45) is 22.7 Å². The number of fused-ring (bicyclic) bond motifs is 1. The summed E-state index contributed by atoms with van der Waals surface area (Å²) in [5, 5.41) is 3.55. The molecule has 2 aliphatic heterocycles. The number of hydrogen-bond donors (Lipinski definition) is 1. The van der Waals surface area contributed by atoms with Crippen molar-refractivity contribution in [1.82, 2.24) is 14.5 Å². The number of likely N-dealkylation sites (tertiary alicyclic amines) is 1. The average Bonchev–Trinajstić information content (AvgIpc) is 2.99. The van der Waals surface area contributed by atoms with Crippen LogP contribution in [-0.2, 0) is 10.0 Å². The fraction of sp³-hybridized carbons (Fsp3) is 0.941. The topological polar surface area (TPSA) is 65.0 Å². The molecule has 0 amide bonds. The molecule has 0 radical (unpaired) electrons. The molecule has 0 bridgehead atoms. The van der Waals surface area contributed by atoms with Crippen LogP contribution in [0.4, 0.5) is 0 Å². The van der Waals surface area contributed by atoms with Crippen LogP contribution in [0.3, 0.4) is 0 Å². The Morgan fingerprint density at radius 3 is 2.17 bits per heavy atom. The van der Waals surface area contributed by atoms with E-state index in [1.165, 1.54) is 31.9 Å². The molecule has 2 heterocycles. The fourth-order valence-corrected chi connectivity index (χ4v) is 5.47. The van der Waals surface area contributed by atoms with E-state index >= 15 is 0 Å². The second-order valence-electron chi connectivity index (χ2n) is 7.74. The van der Waals surface area contributed by atoms with Crippen molar-refractivity contribution >= 4 is 16.0 Å². The van der Waals surface area contributed by atoms with Gasteiger partial charge < -0.3 is 10.2 Å². The number of hydrogen-bond acceptors (Lipinski definition) is 3. The van der Waals surface area contributed by atoms with E-state index < -0.39 is 10.0 Å².